The molecule has 0 aromatic carbocycles. The van der Waals surface area contributed by atoms with Crippen LogP contribution in [0.25, 0.3) is 0 Å². The molecule has 1 aliphatic carbocycles. The molecular formula is C12H18N2O. The minimum atomic E-state index is 0.447. The van der Waals surface area contributed by atoms with Gasteiger partial charge in [-0.3, -0.25) is 0 Å². The Kier molecular flexibility index (Phi) is 2.80. The fourth-order valence-corrected chi connectivity index (χ4v) is 1.46. The quantitative estimate of drug-likeness (QED) is 0.755. The molecule has 1 heterocycles. The summed E-state index contributed by atoms with van der Waals surface area (Å²) in [5, 5.41) is 0. The molecule has 0 unspecified atom stereocenters. The van der Waals surface area contributed by atoms with E-state index in [1.807, 2.05) is 25.2 Å². The lowest BCUT2D eigenvalue weighted by atomic mass is 10.2. The third-order valence-corrected chi connectivity index (χ3v) is 2.59. The molecule has 0 atom stereocenters. The van der Waals surface area contributed by atoms with Gasteiger partial charge in [-0.05, 0) is 30.9 Å². The number of hydrogen-bond donors (Lipinski definition) is 0. The summed E-state index contributed by atoms with van der Waals surface area (Å²) in [6.45, 7) is 2.15. The zero-order valence-electron chi connectivity index (χ0n) is 9.66. The van der Waals surface area contributed by atoms with E-state index in [4.69, 9.17) is 4.74 Å². The molecule has 0 radical (unpaired) electrons. The van der Waals surface area contributed by atoms with Gasteiger partial charge in [0, 0.05) is 14.1 Å². The van der Waals surface area contributed by atoms with Crippen molar-refractivity contribution >= 4 is 5.82 Å². The van der Waals surface area contributed by atoms with Crippen molar-refractivity contribution in [3.63, 3.8) is 0 Å². The van der Waals surface area contributed by atoms with Gasteiger partial charge < -0.3 is 9.64 Å². The summed E-state index contributed by atoms with van der Waals surface area (Å²) in [5.74, 6) is 1.96. The molecule has 0 aliphatic heterocycles. The highest BCUT2D eigenvalue weighted by molar-refractivity contribution is 5.45. The Hall–Kier alpha value is -1.25. The van der Waals surface area contributed by atoms with E-state index in [0.29, 0.717) is 6.10 Å². The first-order valence-electron chi connectivity index (χ1n) is 5.53. The van der Waals surface area contributed by atoms with Crippen molar-refractivity contribution in [3.8, 4) is 5.75 Å². The van der Waals surface area contributed by atoms with Crippen LogP contribution >= 0.6 is 0 Å². The minimum absolute atomic E-state index is 0.447. The van der Waals surface area contributed by atoms with Gasteiger partial charge in [-0.2, -0.15) is 0 Å². The second-order valence-corrected chi connectivity index (χ2v) is 4.22. The van der Waals surface area contributed by atoms with Gasteiger partial charge in [-0.15, -0.1) is 0 Å². The van der Waals surface area contributed by atoms with Crippen LogP contribution in [0.3, 0.4) is 0 Å². The summed E-state index contributed by atoms with van der Waals surface area (Å²) >= 11 is 0. The van der Waals surface area contributed by atoms with Crippen molar-refractivity contribution in [1.82, 2.24) is 4.98 Å². The molecule has 0 spiro atoms. The average Bonchev–Trinajstić information content (AvgIpc) is 3.02. The Morgan fingerprint density at radius 3 is 2.73 bits per heavy atom. The maximum atomic E-state index is 5.80. The molecule has 82 valence electrons. The average molecular weight is 206 g/mol. The van der Waals surface area contributed by atoms with Gasteiger partial charge in [-0.1, -0.05) is 6.92 Å². The molecule has 15 heavy (non-hydrogen) atoms. The lowest BCUT2D eigenvalue weighted by molar-refractivity contribution is 0.299. The second-order valence-electron chi connectivity index (χ2n) is 4.22. The maximum Gasteiger partial charge on any atom is 0.141 e. The third-order valence-electron chi connectivity index (χ3n) is 2.59. The molecule has 1 fully saturated rings. The van der Waals surface area contributed by atoms with E-state index in [1.165, 1.54) is 18.4 Å². The Bertz CT molecular complexity index is 345. The second kappa shape index (κ2) is 4.09. The molecule has 1 saturated carbocycles. The summed E-state index contributed by atoms with van der Waals surface area (Å²) in [7, 11) is 4.01. The third kappa shape index (κ3) is 2.41. The van der Waals surface area contributed by atoms with Crippen LogP contribution in [0.5, 0.6) is 5.75 Å². The van der Waals surface area contributed by atoms with Crippen LogP contribution in [0.4, 0.5) is 5.82 Å². The highest BCUT2D eigenvalue weighted by atomic mass is 16.5. The van der Waals surface area contributed by atoms with Crippen molar-refractivity contribution in [1.29, 1.82) is 0 Å². The molecular weight excluding hydrogens is 188 g/mol. The van der Waals surface area contributed by atoms with Crippen molar-refractivity contribution in [2.75, 3.05) is 19.0 Å². The van der Waals surface area contributed by atoms with Crippen LogP contribution in [0.2, 0.25) is 0 Å². The molecule has 1 aliphatic rings. The van der Waals surface area contributed by atoms with E-state index in [1.54, 1.807) is 0 Å². The smallest absolute Gasteiger partial charge is 0.141 e. The summed E-state index contributed by atoms with van der Waals surface area (Å²) in [6, 6.07) is 2.11. The van der Waals surface area contributed by atoms with Crippen molar-refractivity contribution in [2.24, 2.45) is 0 Å². The fraction of sp³-hybridized carbons (Fsp3) is 0.583. The highest BCUT2D eigenvalue weighted by Crippen LogP contribution is 2.30. The number of ether oxygens (including phenoxy) is 1. The number of pyridine rings is 1. The van der Waals surface area contributed by atoms with Crippen LogP contribution < -0.4 is 9.64 Å². The van der Waals surface area contributed by atoms with Crippen LogP contribution in [0.15, 0.2) is 12.3 Å². The number of rotatable bonds is 4. The van der Waals surface area contributed by atoms with E-state index < -0.39 is 0 Å². The van der Waals surface area contributed by atoms with Crippen molar-refractivity contribution < 1.29 is 4.74 Å². The number of nitrogens with zero attached hydrogens (tertiary/aromatic N) is 2. The van der Waals surface area contributed by atoms with E-state index in [9.17, 15) is 0 Å². The SMILES string of the molecule is CCc1cc(N(C)C)ncc1OC1CC1. The monoisotopic (exact) mass is 206 g/mol. The van der Waals surface area contributed by atoms with Crippen LogP contribution in [-0.2, 0) is 6.42 Å². The van der Waals surface area contributed by atoms with Gasteiger partial charge in [0.05, 0.1) is 12.3 Å². The van der Waals surface area contributed by atoms with Crippen LogP contribution in [-0.4, -0.2) is 25.2 Å². The summed E-state index contributed by atoms with van der Waals surface area (Å²) in [5.41, 5.74) is 1.25. The lowest BCUT2D eigenvalue weighted by Crippen LogP contribution is -2.11. The number of hydrogen-bond acceptors (Lipinski definition) is 3. The van der Waals surface area contributed by atoms with E-state index >= 15 is 0 Å². The molecule has 0 bridgehead atoms. The fourth-order valence-electron chi connectivity index (χ4n) is 1.46. The highest BCUT2D eigenvalue weighted by Gasteiger charge is 2.24. The number of aromatic nitrogens is 1. The molecule has 3 nitrogen and oxygen atoms in total. The summed E-state index contributed by atoms with van der Waals surface area (Å²) in [6.07, 6.45) is 5.68. The molecule has 3 heteroatoms. The van der Waals surface area contributed by atoms with Crippen molar-refractivity contribution in [3.05, 3.63) is 17.8 Å². The molecule has 0 N–H and O–H groups in total. The molecule has 0 amide bonds. The topological polar surface area (TPSA) is 25.4 Å². The standard InChI is InChI=1S/C12H18N2O/c1-4-9-7-12(14(2)3)13-8-11(9)15-10-5-6-10/h7-8,10H,4-6H2,1-3H3. The van der Waals surface area contributed by atoms with Crippen LogP contribution in [0.1, 0.15) is 25.3 Å². The predicted molar refractivity (Wildman–Crippen MR) is 61.6 cm³/mol. The van der Waals surface area contributed by atoms with Gasteiger partial charge in [-0.25, -0.2) is 4.98 Å². The first-order valence-corrected chi connectivity index (χ1v) is 5.53. The van der Waals surface area contributed by atoms with Gasteiger partial charge in [0.1, 0.15) is 11.6 Å². The van der Waals surface area contributed by atoms with E-state index in [0.717, 1.165) is 18.0 Å². The largest absolute Gasteiger partial charge is 0.489 e. The number of aryl methyl sites for hydroxylation is 1. The molecule has 1 aromatic heterocycles. The van der Waals surface area contributed by atoms with Gasteiger partial charge in [0.15, 0.2) is 0 Å². The van der Waals surface area contributed by atoms with Gasteiger partial charge >= 0.3 is 0 Å². The molecule has 1 aromatic rings. The Labute approximate surface area is 91.1 Å². The number of anilines is 1. The Morgan fingerprint density at radius 1 is 1.47 bits per heavy atom. The van der Waals surface area contributed by atoms with Gasteiger partial charge in [0.2, 0.25) is 0 Å². The molecule has 2 rings (SSSR count). The first-order chi connectivity index (χ1) is 7.20. The van der Waals surface area contributed by atoms with Crippen molar-refractivity contribution in [2.45, 2.75) is 32.3 Å². The van der Waals surface area contributed by atoms with E-state index in [-0.39, 0.29) is 0 Å². The first kappa shape index (κ1) is 10.3. The predicted octanol–water partition coefficient (Wildman–Crippen LogP) is 2.25. The van der Waals surface area contributed by atoms with E-state index in [2.05, 4.69) is 18.0 Å². The van der Waals surface area contributed by atoms with Crippen LogP contribution in [0, 0.1) is 0 Å². The zero-order chi connectivity index (χ0) is 10.8. The Morgan fingerprint density at radius 2 is 2.20 bits per heavy atom. The molecule has 0 saturated heterocycles. The summed E-state index contributed by atoms with van der Waals surface area (Å²) < 4.78 is 5.80. The maximum absolute atomic E-state index is 5.80. The zero-order valence-corrected chi connectivity index (χ0v) is 9.66. The lowest BCUT2D eigenvalue weighted by Gasteiger charge is -2.15. The summed E-state index contributed by atoms with van der Waals surface area (Å²) in [4.78, 5) is 6.38. The Balaban J connectivity index is 2.21. The normalized spacial score (nSPS) is 15.1. The minimum Gasteiger partial charge on any atom is -0.489 e. The van der Waals surface area contributed by atoms with Gasteiger partial charge in [0.25, 0.3) is 0 Å².